The van der Waals surface area contributed by atoms with Crippen molar-refractivity contribution in [2.45, 2.75) is 39.4 Å². The Balaban J connectivity index is 1.62. The number of aromatic nitrogens is 4. The number of halogens is 1. The topological polar surface area (TPSA) is 66.8 Å². The number of alkyl halides is 1. The van der Waals surface area contributed by atoms with Gasteiger partial charge >= 0.3 is 0 Å². The van der Waals surface area contributed by atoms with Gasteiger partial charge in [0.2, 0.25) is 0 Å². The van der Waals surface area contributed by atoms with Gasteiger partial charge < -0.3 is 4.90 Å². The molecule has 1 N–H and O–H groups in total. The summed E-state index contributed by atoms with van der Waals surface area (Å²) in [5, 5.41) is 13.2. The average molecular weight is 434 g/mol. The number of aromatic amines is 1. The highest BCUT2D eigenvalue weighted by molar-refractivity contribution is 5.94. The zero-order chi connectivity index (χ0) is 23.0. The Bertz CT molecular complexity index is 1250. The van der Waals surface area contributed by atoms with Gasteiger partial charge in [-0.3, -0.25) is 14.6 Å². The molecule has 4 rings (SSSR count). The van der Waals surface area contributed by atoms with E-state index in [0.717, 1.165) is 27.9 Å². The molecule has 1 amide bonds. The molecule has 32 heavy (non-hydrogen) atoms. The highest BCUT2D eigenvalue weighted by atomic mass is 19.1. The van der Waals surface area contributed by atoms with Gasteiger partial charge in [0, 0.05) is 48.1 Å². The molecule has 0 aliphatic heterocycles. The molecule has 2 aromatic carbocycles. The van der Waals surface area contributed by atoms with Crippen molar-refractivity contribution in [3.05, 3.63) is 71.0 Å². The van der Waals surface area contributed by atoms with E-state index >= 15 is 4.39 Å². The summed E-state index contributed by atoms with van der Waals surface area (Å²) in [5.41, 5.74) is 6.00. The molecule has 0 bridgehead atoms. The van der Waals surface area contributed by atoms with Crippen molar-refractivity contribution in [2.75, 3.05) is 14.1 Å². The van der Waals surface area contributed by atoms with Crippen LogP contribution in [-0.2, 0) is 6.54 Å². The van der Waals surface area contributed by atoms with Crippen molar-refractivity contribution >= 4 is 16.8 Å². The minimum Gasteiger partial charge on any atom is -0.345 e. The van der Waals surface area contributed by atoms with Crippen molar-refractivity contribution in [3.8, 4) is 11.3 Å². The summed E-state index contributed by atoms with van der Waals surface area (Å²) in [6, 6.07) is 12.6. The van der Waals surface area contributed by atoms with E-state index in [0.29, 0.717) is 17.0 Å². The van der Waals surface area contributed by atoms with Gasteiger partial charge in [0.25, 0.3) is 5.91 Å². The molecular weight excluding hydrogens is 405 g/mol. The molecule has 4 aromatic rings. The first kappa shape index (κ1) is 21.7. The molecule has 0 aliphatic carbocycles. The molecule has 2 heterocycles. The molecule has 7 heteroatoms. The number of nitrogens with one attached hydrogen (secondary N) is 1. The van der Waals surface area contributed by atoms with E-state index in [1.54, 1.807) is 43.0 Å². The predicted octanol–water partition coefficient (Wildman–Crippen LogP) is 5.27. The maximum atomic E-state index is 15.1. The molecule has 6 nitrogen and oxygen atoms in total. The number of aryl methyl sites for hydroxylation is 1. The number of carbonyl (C=O) groups is 1. The second-order valence-corrected chi connectivity index (χ2v) is 8.64. The Labute approximate surface area is 187 Å². The number of H-pyrrole nitrogens is 1. The molecule has 0 aliphatic rings. The van der Waals surface area contributed by atoms with E-state index in [-0.39, 0.29) is 12.5 Å². The van der Waals surface area contributed by atoms with E-state index in [1.165, 1.54) is 10.5 Å². The fourth-order valence-electron chi connectivity index (χ4n) is 4.10. The standard InChI is InChI=1S/C25H28FN5O/c1-15(2)23-16(3)27-28-24(23)19-7-6-8-22-20(19)13-31(29-22)14-21(26)17-9-11-18(12-10-17)25(32)30(4)5/h6-13,15,21H,14H2,1-5H3,(H,27,28)/t21-/m0/s1. The maximum absolute atomic E-state index is 15.1. The van der Waals surface area contributed by atoms with E-state index in [2.05, 4.69) is 29.1 Å². The smallest absolute Gasteiger partial charge is 0.253 e. The SMILES string of the molecule is Cc1[nH]nc(-c2cccc3nn(C[C@H](F)c4ccc(C(=O)N(C)C)cc4)cc23)c1C(C)C. The Morgan fingerprint density at radius 3 is 2.53 bits per heavy atom. The van der Waals surface area contributed by atoms with Crippen LogP contribution in [0.5, 0.6) is 0 Å². The number of amides is 1. The third kappa shape index (κ3) is 4.02. The average Bonchev–Trinajstić information content (AvgIpc) is 3.35. The van der Waals surface area contributed by atoms with Crippen LogP contribution in [0.2, 0.25) is 0 Å². The van der Waals surface area contributed by atoms with E-state index in [4.69, 9.17) is 0 Å². The molecule has 0 saturated carbocycles. The summed E-state index contributed by atoms with van der Waals surface area (Å²) in [4.78, 5) is 13.5. The molecule has 2 aromatic heterocycles. The van der Waals surface area contributed by atoms with Gasteiger partial charge in [0.05, 0.1) is 17.8 Å². The Morgan fingerprint density at radius 2 is 1.88 bits per heavy atom. The van der Waals surface area contributed by atoms with Gasteiger partial charge in [-0.15, -0.1) is 0 Å². The van der Waals surface area contributed by atoms with Crippen molar-refractivity contribution in [1.29, 1.82) is 0 Å². The van der Waals surface area contributed by atoms with Crippen LogP contribution < -0.4 is 0 Å². The Kier molecular flexibility index (Phi) is 5.82. The lowest BCUT2D eigenvalue weighted by Crippen LogP contribution is -2.21. The highest BCUT2D eigenvalue weighted by Crippen LogP contribution is 2.34. The monoisotopic (exact) mass is 433 g/mol. The van der Waals surface area contributed by atoms with Gasteiger partial charge in [-0.1, -0.05) is 38.1 Å². The van der Waals surface area contributed by atoms with Crippen molar-refractivity contribution < 1.29 is 9.18 Å². The van der Waals surface area contributed by atoms with Crippen molar-refractivity contribution in [1.82, 2.24) is 24.9 Å². The first-order valence-electron chi connectivity index (χ1n) is 10.7. The van der Waals surface area contributed by atoms with Gasteiger partial charge in [-0.2, -0.15) is 10.2 Å². The molecule has 1 atom stereocenters. The molecule has 0 radical (unpaired) electrons. The van der Waals surface area contributed by atoms with Crippen LogP contribution in [0.15, 0.2) is 48.7 Å². The number of carbonyl (C=O) groups excluding carboxylic acids is 1. The third-order valence-electron chi connectivity index (χ3n) is 5.70. The molecule has 0 fully saturated rings. The zero-order valence-electron chi connectivity index (χ0n) is 19.1. The van der Waals surface area contributed by atoms with Crippen molar-refractivity contribution in [2.24, 2.45) is 0 Å². The van der Waals surface area contributed by atoms with Crippen LogP contribution in [0.4, 0.5) is 4.39 Å². The lowest BCUT2D eigenvalue weighted by atomic mass is 9.95. The lowest BCUT2D eigenvalue weighted by Gasteiger charge is -2.12. The minimum absolute atomic E-state index is 0.0890. The second kappa shape index (κ2) is 8.57. The number of nitrogens with zero attached hydrogens (tertiary/aromatic N) is 4. The Hall–Kier alpha value is -3.48. The summed E-state index contributed by atoms with van der Waals surface area (Å²) in [6.07, 6.45) is 0.644. The first-order valence-corrected chi connectivity index (χ1v) is 10.7. The minimum atomic E-state index is -1.24. The number of hydrogen-bond donors (Lipinski definition) is 1. The summed E-state index contributed by atoms with van der Waals surface area (Å²) in [7, 11) is 3.39. The molecule has 0 unspecified atom stereocenters. The van der Waals surface area contributed by atoms with Crippen LogP contribution in [0.1, 0.15) is 53.1 Å². The summed E-state index contributed by atoms with van der Waals surface area (Å²) < 4.78 is 16.7. The fourth-order valence-corrected chi connectivity index (χ4v) is 4.10. The predicted molar refractivity (Wildman–Crippen MR) is 124 cm³/mol. The quantitative estimate of drug-likeness (QED) is 0.450. The molecule has 166 valence electrons. The van der Waals surface area contributed by atoms with E-state index in [1.807, 2.05) is 31.3 Å². The van der Waals surface area contributed by atoms with E-state index < -0.39 is 6.17 Å². The van der Waals surface area contributed by atoms with Crippen LogP contribution in [-0.4, -0.2) is 44.9 Å². The zero-order valence-corrected chi connectivity index (χ0v) is 19.1. The van der Waals surface area contributed by atoms with Crippen LogP contribution >= 0.6 is 0 Å². The Morgan fingerprint density at radius 1 is 1.16 bits per heavy atom. The molecule has 0 spiro atoms. The van der Waals surface area contributed by atoms with Gasteiger partial charge in [0.15, 0.2) is 0 Å². The van der Waals surface area contributed by atoms with Crippen LogP contribution in [0, 0.1) is 6.92 Å². The molecule has 0 saturated heterocycles. The summed E-state index contributed by atoms with van der Waals surface area (Å²) >= 11 is 0. The third-order valence-corrected chi connectivity index (χ3v) is 5.70. The van der Waals surface area contributed by atoms with Gasteiger partial charge in [-0.05, 0) is 36.6 Å². The first-order chi connectivity index (χ1) is 15.3. The second-order valence-electron chi connectivity index (χ2n) is 8.64. The van der Waals surface area contributed by atoms with Gasteiger partial charge in [0.1, 0.15) is 6.17 Å². The van der Waals surface area contributed by atoms with Crippen LogP contribution in [0.25, 0.3) is 22.2 Å². The largest absolute Gasteiger partial charge is 0.345 e. The maximum Gasteiger partial charge on any atom is 0.253 e. The number of fused-ring (bicyclic) bond motifs is 1. The highest BCUT2D eigenvalue weighted by Gasteiger charge is 2.19. The number of benzene rings is 2. The number of rotatable bonds is 6. The lowest BCUT2D eigenvalue weighted by molar-refractivity contribution is 0.0827. The van der Waals surface area contributed by atoms with Crippen molar-refractivity contribution in [3.63, 3.8) is 0 Å². The summed E-state index contributed by atoms with van der Waals surface area (Å²) in [6.45, 7) is 6.41. The normalized spacial score (nSPS) is 12.5. The molecular formula is C25H28FN5O. The number of hydrogen-bond acceptors (Lipinski definition) is 3. The van der Waals surface area contributed by atoms with Crippen LogP contribution in [0.3, 0.4) is 0 Å². The van der Waals surface area contributed by atoms with E-state index in [9.17, 15) is 4.79 Å². The summed E-state index contributed by atoms with van der Waals surface area (Å²) in [5.74, 6) is 0.221. The van der Waals surface area contributed by atoms with Gasteiger partial charge in [-0.25, -0.2) is 4.39 Å². The fraction of sp³-hybridized carbons (Fsp3) is 0.320.